The van der Waals surface area contributed by atoms with Gasteiger partial charge in [-0.25, -0.2) is 0 Å². The largest absolute Gasteiger partial charge is 0.118 e. The van der Waals surface area contributed by atoms with Gasteiger partial charge in [-0.05, 0) is 41.3 Å². The maximum atomic E-state index is 9.20. The van der Waals surface area contributed by atoms with Gasteiger partial charge in [-0.2, -0.15) is 0 Å². The van der Waals surface area contributed by atoms with Gasteiger partial charge in [0.05, 0.1) is 0 Å². The number of rotatable bonds is 3. The van der Waals surface area contributed by atoms with Gasteiger partial charge in [-0.1, -0.05) is 102 Å². The van der Waals surface area contributed by atoms with E-state index in [1.807, 2.05) is 0 Å². The van der Waals surface area contributed by atoms with Gasteiger partial charge < -0.3 is 0 Å². The molecule has 1 heteroatoms. The van der Waals surface area contributed by atoms with Crippen LogP contribution < -0.4 is 10.4 Å². The smallest absolute Gasteiger partial charge is 0.0626 e. The third-order valence-electron chi connectivity index (χ3n) is 6.59. The topological polar surface area (TPSA) is 0 Å². The van der Waals surface area contributed by atoms with Gasteiger partial charge in [0.1, 0.15) is 8.07 Å². The lowest BCUT2D eigenvalue weighted by atomic mass is 9.91. The fourth-order valence-corrected chi connectivity index (χ4v) is 9.95. The highest BCUT2D eigenvalue weighted by molar-refractivity contribution is 7.02. The molecule has 3 aromatic carbocycles. The molecular formula is C24H24Si. The SMILES string of the molecule is [2H]C1C2CC(c3ccccc32)C1[Si](C)(c1ccccc1)c1ccccc1. The van der Waals surface area contributed by atoms with Crippen LogP contribution in [-0.4, -0.2) is 8.07 Å². The van der Waals surface area contributed by atoms with Crippen LogP contribution in [0.25, 0.3) is 0 Å². The van der Waals surface area contributed by atoms with Gasteiger partial charge in [0.2, 0.25) is 0 Å². The molecule has 0 spiro atoms. The van der Waals surface area contributed by atoms with Gasteiger partial charge in [-0.3, -0.25) is 0 Å². The Labute approximate surface area is 153 Å². The van der Waals surface area contributed by atoms with Crippen LogP contribution in [0.2, 0.25) is 12.1 Å². The molecule has 0 radical (unpaired) electrons. The van der Waals surface area contributed by atoms with Crippen LogP contribution in [0.5, 0.6) is 0 Å². The molecule has 0 amide bonds. The number of fused-ring (bicyclic) bond motifs is 5. The molecular weight excluding hydrogens is 316 g/mol. The molecule has 4 unspecified atom stereocenters. The standard InChI is InChI=1S/C24H24Si/c1-25(19-10-4-2-5-11-19,20-12-6-3-7-13-20)24-17-18-16-23(24)22-15-9-8-14-21(18)22/h2-15,18,23-24H,16-17H2,1H3/i17D. The molecule has 4 atom stereocenters. The molecule has 25 heavy (non-hydrogen) atoms. The second kappa shape index (κ2) is 5.71. The van der Waals surface area contributed by atoms with Crippen LogP contribution in [0.1, 0.15) is 37.2 Å². The van der Waals surface area contributed by atoms with E-state index in [1.165, 1.54) is 27.9 Å². The van der Waals surface area contributed by atoms with Gasteiger partial charge in [0.25, 0.3) is 0 Å². The Morgan fingerprint density at radius 3 is 1.88 bits per heavy atom. The van der Waals surface area contributed by atoms with Crippen molar-refractivity contribution >= 4 is 18.4 Å². The molecule has 0 nitrogen and oxygen atoms in total. The third kappa shape index (κ3) is 2.19. The highest BCUT2D eigenvalue weighted by Gasteiger charge is 2.53. The van der Waals surface area contributed by atoms with Crippen LogP contribution in [-0.2, 0) is 0 Å². The molecule has 0 saturated heterocycles. The Bertz CT molecular complexity index is 882. The van der Waals surface area contributed by atoms with Crippen molar-refractivity contribution in [3.8, 4) is 0 Å². The lowest BCUT2D eigenvalue weighted by Crippen LogP contribution is -2.59. The van der Waals surface area contributed by atoms with Crippen LogP contribution in [0, 0.1) is 0 Å². The lowest BCUT2D eigenvalue weighted by Gasteiger charge is -2.40. The normalized spacial score (nSPS) is 27.8. The molecule has 124 valence electrons. The number of hydrogen-bond acceptors (Lipinski definition) is 0. The van der Waals surface area contributed by atoms with Crippen LogP contribution in [0.3, 0.4) is 0 Å². The van der Waals surface area contributed by atoms with E-state index >= 15 is 0 Å². The van der Waals surface area contributed by atoms with Gasteiger partial charge in [0.15, 0.2) is 0 Å². The maximum absolute atomic E-state index is 9.20. The van der Waals surface area contributed by atoms with Crippen LogP contribution >= 0.6 is 0 Å². The summed E-state index contributed by atoms with van der Waals surface area (Å²) in [6.07, 6.45) is 1.17. The summed E-state index contributed by atoms with van der Waals surface area (Å²) < 4.78 is 9.20. The first-order valence-corrected chi connectivity index (χ1v) is 11.9. The molecule has 0 aliphatic heterocycles. The minimum Gasteiger partial charge on any atom is -0.0626 e. The monoisotopic (exact) mass is 341 g/mol. The predicted molar refractivity (Wildman–Crippen MR) is 109 cm³/mol. The van der Waals surface area contributed by atoms with Crippen molar-refractivity contribution in [1.82, 2.24) is 0 Å². The fraction of sp³-hybridized carbons (Fsp3) is 0.250. The molecule has 1 saturated carbocycles. The summed E-state index contributed by atoms with van der Waals surface area (Å²) in [6, 6.07) is 31.0. The van der Waals surface area contributed by atoms with E-state index in [4.69, 9.17) is 0 Å². The zero-order valence-corrected chi connectivity index (χ0v) is 15.6. The highest BCUT2D eigenvalue weighted by Crippen LogP contribution is 2.61. The summed E-state index contributed by atoms with van der Waals surface area (Å²) >= 11 is 0. The van der Waals surface area contributed by atoms with E-state index in [-0.39, 0.29) is 6.40 Å². The molecule has 0 heterocycles. The highest BCUT2D eigenvalue weighted by atomic mass is 28.3. The summed E-state index contributed by atoms with van der Waals surface area (Å²) in [5.41, 5.74) is 3.41. The Balaban J connectivity index is 1.70. The first kappa shape index (κ1) is 14.1. The van der Waals surface area contributed by atoms with Crippen molar-refractivity contribution in [2.24, 2.45) is 0 Å². The quantitative estimate of drug-likeness (QED) is 0.593. The second-order valence-electron chi connectivity index (χ2n) is 7.73. The molecule has 2 aliphatic carbocycles. The van der Waals surface area contributed by atoms with Crippen LogP contribution in [0.15, 0.2) is 84.9 Å². The lowest BCUT2D eigenvalue weighted by molar-refractivity contribution is 0.697. The molecule has 0 aromatic heterocycles. The molecule has 2 bridgehead atoms. The number of hydrogen-bond donors (Lipinski definition) is 0. The molecule has 0 N–H and O–H groups in total. The molecule has 5 rings (SSSR count). The van der Waals surface area contributed by atoms with Crippen molar-refractivity contribution in [2.45, 2.75) is 36.7 Å². The molecule has 2 aliphatic rings. The first-order valence-electron chi connectivity index (χ1n) is 9.91. The predicted octanol–water partition coefficient (Wildman–Crippen LogP) is 4.92. The minimum atomic E-state index is -2.04. The fourth-order valence-electron chi connectivity index (χ4n) is 5.34. The van der Waals surface area contributed by atoms with Crippen molar-refractivity contribution in [1.29, 1.82) is 0 Å². The van der Waals surface area contributed by atoms with Crippen molar-refractivity contribution in [3.63, 3.8) is 0 Å². The Kier molecular flexibility index (Phi) is 3.22. The number of benzene rings is 3. The zero-order valence-electron chi connectivity index (χ0n) is 15.6. The van der Waals surface area contributed by atoms with Crippen molar-refractivity contribution in [2.75, 3.05) is 0 Å². The third-order valence-corrected chi connectivity index (χ3v) is 11.6. The van der Waals surface area contributed by atoms with Crippen LogP contribution in [0.4, 0.5) is 0 Å². The van der Waals surface area contributed by atoms with E-state index in [0.717, 1.165) is 0 Å². The van der Waals surface area contributed by atoms with Gasteiger partial charge in [0, 0.05) is 1.37 Å². The molecule has 1 fully saturated rings. The summed E-state index contributed by atoms with van der Waals surface area (Å²) in [6.45, 7) is 2.51. The second-order valence-corrected chi connectivity index (χ2v) is 12.0. The first-order chi connectivity index (χ1) is 12.7. The van der Waals surface area contributed by atoms with E-state index in [0.29, 0.717) is 17.4 Å². The van der Waals surface area contributed by atoms with E-state index < -0.39 is 8.07 Å². The average molecular weight is 342 g/mol. The summed E-state index contributed by atoms with van der Waals surface area (Å²) in [5.74, 6) is 0.955. The Morgan fingerprint density at radius 1 is 0.760 bits per heavy atom. The maximum Gasteiger partial charge on any atom is 0.118 e. The van der Waals surface area contributed by atoms with Gasteiger partial charge >= 0.3 is 0 Å². The Hall–Kier alpha value is -2.12. The van der Waals surface area contributed by atoms with E-state index in [2.05, 4.69) is 91.5 Å². The summed E-state index contributed by atoms with van der Waals surface area (Å²) in [4.78, 5) is 0. The zero-order chi connectivity index (χ0) is 17.7. The van der Waals surface area contributed by atoms with Crippen molar-refractivity contribution < 1.29 is 1.37 Å². The summed E-state index contributed by atoms with van der Waals surface area (Å²) in [7, 11) is -2.04. The molecule has 3 aromatic rings. The Morgan fingerprint density at radius 2 is 1.28 bits per heavy atom. The van der Waals surface area contributed by atoms with Crippen molar-refractivity contribution in [3.05, 3.63) is 96.1 Å². The minimum absolute atomic E-state index is 0.00646. The average Bonchev–Trinajstić information content (AvgIpc) is 3.25. The van der Waals surface area contributed by atoms with E-state index in [9.17, 15) is 1.37 Å². The summed E-state index contributed by atoms with van der Waals surface area (Å²) in [5, 5.41) is 2.94. The van der Waals surface area contributed by atoms with Gasteiger partial charge in [-0.15, -0.1) is 0 Å². The van der Waals surface area contributed by atoms with E-state index in [1.54, 1.807) is 0 Å².